The lowest BCUT2D eigenvalue weighted by molar-refractivity contribution is 0.0811. The van der Waals surface area contributed by atoms with Crippen molar-refractivity contribution in [1.29, 1.82) is 0 Å². The molecule has 0 radical (unpaired) electrons. The molecule has 1 atom stereocenters. The molecule has 0 unspecified atom stereocenters. The van der Waals surface area contributed by atoms with Gasteiger partial charge in [-0.2, -0.15) is 0 Å². The van der Waals surface area contributed by atoms with E-state index < -0.39 is 0 Å². The molecular formula is C15H22BrCl2FN2. The first-order chi connectivity index (χ1) is 9.25. The van der Waals surface area contributed by atoms with Crippen molar-refractivity contribution in [2.24, 2.45) is 5.92 Å². The Kier molecular flexibility index (Phi) is 7.93. The Morgan fingerprint density at radius 3 is 2.43 bits per heavy atom. The average Bonchev–Trinajstić information content (AvgIpc) is 2.38. The van der Waals surface area contributed by atoms with Crippen LogP contribution in [0.4, 0.5) is 4.39 Å². The summed E-state index contributed by atoms with van der Waals surface area (Å²) in [4.78, 5) is 2.46. The van der Waals surface area contributed by atoms with Gasteiger partial charge < -0.3 is 5.32 Å². The zero-order valence-corrected chi connectivity index (χ0v) is 15.1. The standard InChI is InChI=1S/C15H20BrFN2.2ClH/c16-12-4-5-14(17)13(10-12)15(11-2-1-3-11)19-8-6-18-7-9-19;;/h4-5,10-11,15,18H,1-3,6-9H2;2*1H/t15-;;/m0../s1. The highest BCUT2D eigenvalue weighted by molar-refractivity contribution is 9.10. The van der Waals surface area contributed by atoms with Crippen molar-refractivity contribution in [1.82, 2.24) is 10.2 Å². The van der Waals surface area contributed by atoms with Crippen molar-refractivity contribution in [3.63, 3.8) is 0 Å². The molecule has 3 rings (SSSR count). The van der Waals surface area contributed by atoms with Gasteiger partial charge in [-0.05, 0) is 37.0 Å². The van der Waals surface area contributed by atoms with E-state index in [1.807, 2.05) is 6.07 Å². The normalized spacial score (nSPS) is 20.9. The molecule has 2 nitrogen and oxygen atoms in total. The average molecular weight is 400 g/mol. The van der Waals surface area contributed by atoms with Gasteiger partial charge in [0, 0.05) is 42.3 Å². The summed E-state index contributed by atoms with van der Waals surface area (Å²) in [6.45, 7) is 4.07. The minimum Gasteiger partial charge on any atom is -0.314 e. The number of nitrogens with one attached hydrogen (secondary N) is 1. The zero-order valence-electron chi connectivity index (χ0n) is 11.9. The summed E-state index contributed by atoms with van der Waals surface area (Å²) < 4.78 is 15.2. The summed E-state index contributed by atoms with van der Waals surface area (Å²) in [7, 11) is 0. The Labute approximate surface area is 146 Å². The van der Waals surface area contributed by atoms with Gasteiger partial charge in [-0.3, -0.25) is 4.90 Å². The molecule has 120 valence electrons. The highest BCUT2D eigenvalue weighted by atomic mass is 79.9. The molecule has 1 N–H and O–H groups in total. The summed E-state index contributed by atoms with van der Waals surface area (Å²) >= 11 is 3.48. The Balaban J connectivity index is 0.00000110. The maximum atomic E-state index is 14.2. The number of hydrogen-bond acceptors (Lipinski definition) is 2. The summed E-state index contributed by atoms with van der Waals surface area (Å²) in [5, 5.41) is 3.38. The number of rotatable bonds is 3. The van der Waals surface area contributed by atoms with E-state index in [-0.39, 0.29) is 36.7 Å². The Morgan fingerprint density at radius 2 is 1.86 bits per heavy atom. The molecule has 1 aliphatic heterocycles. The SMILES string of the molecule is Cl.Cl.Fc1ccc(Br)cc1[C@H](C1CCC1)N1CCNCC1. The number of hydrogen-bond donors (Lipinski definition) is 1. The summed E-state index contributed by atoms with van der Waals surface area (Å²) in [5.41, 5.74) is 0.876. The molecule has 1 aliphatic carbocycles. The van der Waals surface area contributed by atoms with E-state index in [4.69, 9.17) is 0 Å². The number of halogens is 4. The fourth-order valence-corrected chi connectivity index (χ4v) is 3.58. The zero-order chi connectivity index (χ0) is 13.2. The van der Waals surface area contributed by atoms with Crippen LogP contribution >= 0.6 is 40.7 Å². The first-order valence-electron chi connectivity index (χ1n) is 7.15. The lowest BCUT2D eigenvalue weighted by Crippen LogP contribution is -2.48. The van der Waals surface area contributed by atoms with Gasteiger partial charge in [0.1, 0.15) is 5.82 Å². The van der Waals surface area contributed by atoms with Crippen LogP contribution in [0.15, 0.2) is 22.7 Å². The molecule has 21 heavy (non-hydrogen) atoms. The number of benzene rings is 1. The molecule has 0 spiro atoms. The number of nitrogens with zero attached hydrogens (tertiary/aromatic N) is 1. The van der Waals surface area contributed by atoms with E-state index in [2.05, 4.69) is 26.1 Å². The van der Waals surface area contributed by atoms with Gasteiger partial charge in [-0.15, -0.1) is 24.8 Å². The Hall–Kier alpha value is 0.130. The van der Waals surface area contributed by atoms with Crippen LogP contribution in [0.25, 0.3) is 0 Å². The second kappa shape index (κ2) is 8.68. The third kappa shape index (κ3) is 4.32. The first-order valence-corrected chi connectivity index (χ1v) is 7.95. The Bertz CT molecular complexity index is 451. The van der Waals surface area contributed by atoms with Crippen molar-refractivity contribution < 1.29 is 4.39 Å². The van der Waals surface area contributed by atoms with Crippen molar-refractivity contribution >= 4 is 40.7 Å². The van der Waals surface area contributed by atoms with Crippen molar-refractivity contribution in [3.8, 4) is 0 Å². The number of piperazine rings is 1. The monoisotopic (exact) mass is 398 g/mol. The lowest BCUT2D eigenvalue weighted by atomic mass is 9.76. The van der Waals surface area contributed by atoms with Gasteiger partial charge in [-0.1, -0.05) is 22.4 Å². The summed E-state index contributed by atoms with van der Waals surface area (Å²) in [5.74, 6) is 0.570. The molecule has 1 aromatic carbocycles. The fraction of sp³-hybridized carbons (Fsp3) is 0.600. The van der Waals surface area contributed by atoms with Crippen molar-refractivity contribution in [2.75, 3.05) is 26.2 Å². The lowest BCUT2D eigenvalue weighted by Gasteiger charge is -2.43. The molecule has 2 aliphatic rings. The van der Waals surface area contributed by atoms with Gasteiger partial charge >= 0.3 is 0 Å². The molecule has 1 heterocycles. The van der Waals surface area contributed by atoms with E-state index in [0.717, 1.165) is 36.2 Å². The molecule has 1 aromatic rings. The highest BCUT2D eigenvalue weighted by Crippen LogP contribution is 2.42. The predicted molar refractivity (Wildman–Crippen MR) is 93.1 cm³/mol. The fourth-order valence-electron chi connectivity index (χ4n) is 3.21. The topological polar surface area (TPSA) is 15.3 Å². The quantitative estimate of drug-likeness (QED) is 0.820. The third-order valence-electron chi connectivity index (χ3n) is 4.42. The largest absolute Gasteiger partial charge is 0.314 e. The van der Waals surface area contributed by atoms with Crippen LogP contribution in [-0.2, 0) is 0 Å². The van der Waals surface area contributed by atoms with E-state index in [9.17, 15) is 4.39 Å². The summed E-state index contributed by atoms with van der Waals surface area (Å²) in [6, 6.07) is 5.61. The van der Waals surface area contributed by atoms with Gasteiger partial charge in [0.15, 0.2) is 0 Å². The molecule has 6 heteroatoms. The van der Waals surface area contributed by atoms with E-state index >= 15 is 0 Å². The third-order valence-corrected chi connectivity index (χ3v) is 4.91. The molecule has 0 amide bonds. The molecule has 0 aromatic heterocycles. The Morgan fingerprint density at radius 1 is 1.19 bits per heavy atom. The van der Waals surface area contributed by atoms with E-state index in [0.29, 0.717) is 5.92 Å². The highest BCUT2D eigenvalue weighted by Gasteiger charge is 2.35. The van der Waals surface area contributed by atoms with Crippen LogP contribution in [0.2, 0.25) is 0 Å². The van der Waals surface area contributed by atoms with Gasteiger partial charge in [0.25, 0.3) is 0 Å². The van der Waals surface area contributed by atoms with Gasteiger partial charge in [0.05, 0.1) is 0 Å². The first kappa shape index (κ1) is 19.2. The smallest absolute Gasteiger partial charge is 0.128 e. The molecule has 1 saturated heterocycles. The molecule has 2 fully saturated rings. The second-order valence-corrected chi connectivity index (χ2v) is 6.50. The van der Waals surface area contributed by atoms with Crippen LogP contribution in [-0.4, -0.2) is 31.1 Å². The minimum absolute atomic E-state index is 0. The van der Waals surface area contributed by atoms with Crippen molar-refractivity contribution in [3.05, 3.63) is 34.1 Å². The van der Waals surface area contributed by atoms with Crippen LogP contribution in [0.5, 0.6) is 0 Å². The van der Waals surface area contributed by atoms with E-state index in [1.54, 1.807) is 12.1 Å². The van der Waals surface area contributed by atoms with E-state index in [1.165, 1.54) is 19.3 Å². The van der Waals surface area contributed by atoms with Crippen LogP contribution in [0.1, 0.15) is 30.9 Å². The van der Waals surface area contributed by atoms with Gasteiger partial charge in [0.2, 0.25) is 0 Å². The predicted octanol–water partition coefficient (Wildman–Crippen LogP) is 4.18. The van der Waals surface area contributed by atoms with Crippen molar-refractivity contribution in [2.45, 2.75) is 25.3 Å². The molecule has 0 bridgehead atoms. The maximum Gasteiger partial charge on any atom is 0.128 e. The van der Waals surface area contributed by atoms with Crippen LogP contribution in [0.3, 0.4) is 0 Å². The van der Waals surface area contributed by atoms with Crippen LogP contribution < -0.4 is 5.32 Å². The molecular weight excluding hydrogens is 378 g/mol. The maximum absolute atomic E-state index is 14.2. The minimum atomic E-state index is -0.0568. The summed E-state index contributed by atoms with van der Waals surface area (Å²) in [6.07, 6.45) is 3.77. The second-order valence-electron chi connectivity index (χ2n) is 5.59. The van der Waals surface area contributed by atoms with Gasteiger partial charge in [-0.25, -0.2) is 4.39 Å². The van der Waals surface area contributed by atoms with Crippen LogP contribution in [0, 0.1) is 11.7 Å². The molecule has 1 saturated carbocycles.